The zero-order valence-corrected chi connectivity index (χ0v) is 9.48. The number of rotatable bonds is 3. The van der Waals surface area contributed by atoms with E-state index < -0.39 is 0 Å². The van der Waals surface area contributed by atoms with Crippen molar-refractivity contribution in [3.63, 3.8) is 0 Å². The Labute approximate surface area is 95.9 Å². The summed E-state index contributed by atoms with van der Waals surface area (Å²) in [6.45, 7) is 2.08. The van der Waals surface area contributed by atoms with Crippen molar-refractivity contribution >= 4 is 5.82 Å². The fourth-order valence-corrected chi connectivity index (χ4v) is 2.06. The molecule has 2 heterocycles. The normalized spacial score (nSPS) is 20.6. The summed E-state index contributed by atoms with van der Waals surface area (Å²) in [4.78, 5) is 6.55. The van der Waals surface area contributed by atoms with Crippen molar-refractivity contribution in [1.82, 2.24) is 9.88 Å². The van der Waals surface area contributed by atoms with Crippen LogP contribution in [0.15, 0.2) is 18.3 Å². The lowest BCUT2D eigenvalue weighted by atomic mass is 10.2. The number of aromatic nitrogens is 1. The molecule has 2 rings (SSSR count). The summed E-state index contributed by atoms with van der Waals surface area (Å²) < 4.78 is 0. The molecule has 4 heteroatoms. The molecule has 0 saturated carbocycles. The first-order chi connectivity index (χ1) is 7.79. The zero-order chi connectivity index (χ0) is 11.4. The second-order valence-electron chi connectivity index (χ2n) is 4.20. The van der Waals surface area contributed by atoms with Crippen LogP contribution >= 0.6 is 0 Å². The van der Waals surface area contributed by atoms with Gasteiger partial charge in [0.15, 0.2) is 0 Å². The van der Waals surface area contributed by atoms with Gasteiger partial charge in [0.1, 0.15) is 5.82 Å². The minimum atomic E-state index is 0.590. The summed E-state index contributed by atoms with van der Waals surface area (Å²) in [6.07, 6.45) is 4.18. The first-order valence-electron chi connectivity index (χ1n) is 5.60. The van der Waals surface area contributed by atoms with Crippen LogP contribution in [0, 0.1) is 11.3 Å². The van der Waals surface area contributed by atoms with Gasteiger partial charge in [0.25, 0.3) is 0 Å². The Hall–Kier alpha value is -1.60. The topological polar surface area (TPSA) is 52.0 Å². The Balaban J connectivity index is 1.92. The number of nitriles is 1. The fraction of sp³-hybridized carbons (Fsp3) is 0.500. The van der Waals surface area contributed by atoms with E-state index in [-0.39, 0.29) is 0 Å². The van der Waals surface area contributed by atoms with Crippen LogP contribution in [0.2, 0.25) is 0 Å². The quantitative estimate of drug-likeness (QED) is 0.831. The number of pyridine rings is 1. The van der Waals surface area contributed by atoms with Gasteiger partial charge in [-0.05, 0) is 38.6 Å². The third-order valence-corrected chi connectivity index (χ3v) is 3.08. The summed E-state index contributed by atoms with van der Waals surface area (Å²) in [7, 11) is 2.15. The molecule has 1 aromatic heterocycles. The molecule has 0 amide bonds. The Morgan fingerprint density at radius 3 is 3.25 bits per heavy atom. The summed E-state index contributed by atoms with van der Waals surface area (Å²) in [5.41, 5.74) is 0.650. The molecule has 1 aromatic rings. The number of hydrogen-bond acceptors (Lipinski definition) is 4. The maximum Gasteiger partial charge on any atom is 0.127 e. The van der Waals surface area contributed by atoms with Gasteiger partial charge in [-0.2, -0.15) is 5.26 Å². The van der Waals surface area contributed by atoms with Crippen molar-refractivity contribution in [2.45, 2.75) is 18.9 Å². The lowest BCUT2D eigenvalue weighted by molar-refractivity contribution is 0.322. The van der Waals surface area contributed by atoms with Crippen LogP contribution in [0.3, 0.4) is 0 Å². The summed E-state index contributed by atoms with van der Waals surface area (Å²) in [6, 6.07) is 6.21. The molecule has 0 radical (unpaired) electrons. The van der Waals surface area contributed by atoms with Crippen LogP contribution in [-0.2, 0) is 0 Å². The number of nitrogens with one attached hydrogen (secondary N) is 1. The SMILES string of the molecule is CN1CCCC1CNc1cc(C#N)ccn1. The van der Waals surface area contributed by atoms with Gasteiger partial charge in [-0.3, -0.25) is 0 Å². The van der Waals surface area contributed by atoms with Crippen molar-refractivity contribution in [2.75, 3.05) is 25.5 Å². The average Bonchev–Trinajstić information content (AvgIpc) is 2.72. The molecule has 0 aromatic carbocycles. The number of likely N-dealkylation sites (tertiary alicyclic amines) is 1. The van der Waals surface area contributed by atoms with Crippen LogP contribution < -0.4 is 5.32 Å². The van der Waals surface area contributed by atoms with Gasteiger partial charge < -0.3 is 10.2 Å². The maximum atomic E-state index is 8.77. The third-order valence-electron chi connectivity index (χ3n) is 3.08. The Bertz CT molecular complexity index is 396. The highest BCUT2D eigenvalue weighted by molar-refractivity contribution is 5.42. The van der Waals surface area contributed by atoms with Gasteiger partial charge in [-0.1, -0.05) is 0 Å². The molecule has 0 aliphatic carbocycles. The molecule has 84 valence electrons. The van der Waals surface area contributed by atoms with E-state index in [1.807, 2.05) is 0 Å². The van der Waals surface area contributed by atoms with Crippen LogP contribution in [0.5, 0.6) is 0 Å². The monoisotopic (exact) mass is 216 g/mol. The van der Waals surface area contributed by atoms with E-state index in [0.29, 0.717) is 11.6 Å². The minimum Gasteiger partial charge on any atom is -0.368 e. The average molecular weight is 216 g/mol. The molecular formula is C12H16N4. The molecule has 1 atom stereocenters. The van der Waals surface area contributed by atoms with Gasteiger partial charge in [-0.15, -0.1) is 0 Å². The van der Waals surface area contributed by atoms with Crippen molar-refractivity contribution in [3.05, 3.63) is 23.9 Å². The predicted octanol–water partition coefficient (Wildman–Crippen LogP) is 1.46. The standard InChI is InChI=1S/C12H16N4/c1-16-6-2-3-11(16)9-15-12-7-10(8-13)4-5-14-12/h4-5,7,11H,2-3,6,9H2,1H3,(H,14,15). The summed E-state index contributed by atoms with van der Waals surface area (Å²) in [5.74, 6) is 0.791. The van der Waals surface area contributed by atoms with Crippen LogP contribution in [-0.4, -0.2) is 36.1 Å². The highest BCUT2D eigenvalue weighted by Crippen LogP contribution is 2.15. The molecule has 1 unspecified atom stereocenters. The summed E-state index contributed by atoms with van der Waals surface area (Å²) in [5, 5.41) is 12.1. The number of likely N-dealkylation sites (N-methyl/N-ethyl adjacent to an activating group) is 1. The fourth-order valence-electron chi connectivity index (χ4n) is 2.06. The van der Waals surface area contributed by atoms with Gasteiger partial charge in [0, 0.05) is 18.8 Å². The van der Waals surface area contributed by atoms with E-state index in [1.54, 1.807) is 18.3 Å². The molecule has 0 bridgehead atoms. The van der Waals surface area contributed by atoms with Gasteiger partial charge in [0.2, 0.25) is 0 Å². The second kappa shape index (κ2) is 4.95. The number of hydrogen-bond donors (Lipinski definition) is 1. The van der Waals surface area contributed by atoms with Crippen molar-refractivity contribution in [1.29, 1.82) is 5.26 Å². The predicted molar refractivity (Wildman–Crippen MR) is 63.1 cm³/mol. The van der Waals surface area contributed by atoms with E-state index in [4.69, 9.17) is 5.26 Å². The molecule has 4 nitrogen and oxygen atoms in total. The lowest BCUT2D eigenvalue weighted by Crippen LogP contribution is -2.31. The third kappa shape index (κ3) is 2.50. The van der Waals surface area contributed by atoms with Crippen molar-refractivity contribution in [3.8, 4) is 6.07 Å². The summed E-state index contributed by atoms with van der Waals surface area (Å²) >= 11 is 0. The van der Waals surface area contributed by atoms with Crippen LogP contribution in [0.25, 0.3) is 0 Å². The van der Waals surface area contributed by atoms with E-state index >= 15 is 0 Å². The smallest absolute Gasteiger partial charge is 0.127 e. The van der Waals surface area contributed by atoms with Crippen molar-refractivity contribution in [2.24, 2.45) is 0 Å². The first kappa shape index (κ1) is 10.9. The molecule has 1 aliphatic heterocycles. The molecule has 16 heavy (non-hydrogen) atoms. The van der Waals surface area contributed by atoms with Gasteiger partial charge in [0.05, 0.1) is 11.6 Å². The largest absolute Gasteiger partial charge is 0.368 e. The molecule has 1 saturated heterocycles. The lowest BCUT2D eigenvalue weighted by Gasteiger charge is -2.19. The van der Waals surface area contributed by atoms with Gasteiger partial charge in [-0.25, -0.2) is 4.98 Å². The van der Waals surface area contributed by atoms with Crippen LogP contribution in [0.4, 0.5) is 5.82 Å². The molecule has 1 fully saturated rings. The van der Waals surface area contributed by atoms with E-state index in [1.165, 1.54) is 19.4 Å². The highest BCUT2D eigenvalue weighted by atomic mass is 15.2. The molecule has 0 spiro atoms. The first-order valence-corrected chi connectivity index (χ1v) is 5.60. The maximum absolute atomic E-state index is 8.77. The molecule has 1 aliphatic rings. The molecule has 1 N–H and O–H groups in total. The highest BCUT2D eigenvalue weighted by Gasteiger charge is 2.20. The number of nitrogens with zero attached hydrogens (tertiary/aromatic N) is 3. The van der Waals surface area contributed by atoms with Gasteiger partial charge >= 0.3 is 0 Å². The van der Waals surface area contributed by atoms with E-state index in [2.05, 4.69) is 28.3 Å². The van der Waals surface area contributed by atoms with Crippen LogP contribution in [0.1, 0.15) is 18.4 Å². The Kier molecular flexibility index (Phi) is 3.37. The minimum absolute atomic E-state index is 0.590. The second-order valence-corrected chi connectivity index (χ2v) is 4.20. The zero-order valence-electron chi connectivity index (χ0n) is 9.48. The Morgan fingerprint density at radius 2 is 2.56 bits per heavy atom. The molecular weight excluding hydrogens is 200 g/mol. The van der Waals surface area contributed by atoms with E-state index in [0.717, 1.165) is 12.4 Å². The Morgan fingerprint density at radius 1 is 1.69 bits per heavy atom. The number of anilines is 1. The van der Waals surface area contributed by atoms with E-state index in [9.17, 15) is 0 Å². The van der Waals surface area contributed by atoms with Crippen molar-refractivity contribution < 1.29 is 0 Å².